The lowest BCUT2D eigenvalue weighted by Crippen LogP contribution is -2.61. The Morgan fingerprint density at radius 2 is 1.97 bits per heavy atom. The van der Waals surface area contributed by atoms with Gasteiger partial charge in [-0.3, -0.25) is 9.48 Å². The number of hydrogen-bond donors (Lipinski definition) is 1. The maximum Gasteiger partial charge on any atom is 0.373 e. The average molecular weight is 496 g/mol. The second-order valence-corrected chi connectivity index (χ2v) is 8.30. The SMILES string of the molecule is Cc1c(-c2ncc(F)cn2)c(C(=O)N2CC(F)(F)O[C@@H](C)[C@H]2CNc2ccc(Cl)cn2)nn1C. The molecular formula is C21H21ClF3N7O2. The molecule has 2 atom stereocenters. The van der Waals surface area contributed by atoms with E-state index in [1.54, 1.807) is 26.1 Å². The Hall–Kier alpha value is -3.25. The Balaban J connectivity index is 1.68. The van der Waals surface area contributed by atoms with Crippen LogP contribution in [0.25, 0.3) is 11.4 Å². The van der Waals surface area contributed by atoms with Crippen LogP contribution in [0.1, 0.15) is 23.1 Å². The highest BCUT2D eigenvalue weighted by Gasteiger charge is 2.48. The zero-order valence-electron chi connectivity index (χ0n) is 18.5. The van der Waals surface area contributed by atoms with Crippen molar-refractivity contribution in [2.75, 3.05) is 18.4 Å². The molecular weight excluding hydrogens is 475 g/mol. The topological polar surface area (TPSA) is 98.1 Å². The fourth-order valence-corrected chi connectivity index (χ4v) is 3.86. The van der Waals surface area contributed by atoms with E-state index in [4.69, 9.17) is 16.3 Å². The first-order valence-corrected chi connectivity index (χ1v) is 10.7. The molecule has 4 heterocycles. The van der Waals surface area contributed by atoms with Gasteiger partial charge >= 0.3 is 6.11 Å². The molecule has 4 rings (SSSR count). The zero-order valence-corrected chi connectivity index (χ0v) is 19.2. The number of morpholine rings is 1. The molecule has 0 bridgehead atoms. The van der Waals surface area contributed by atoms with Crippen molar-refractivity contribution in [1.82, 2.24) is 29.6 Å². The summed E-state index contributed by atoms with van der Waals surface area (Å²) in [5, 5.41) is 7.70. The number of alkyl halides is 2. The van der Waals surface area contributed by atoms with Gasteiger partial charge < -0.3 is 15.0 Å². The summed E-state index contributed by atoms with van der Waals surface area (Å²) in [5.41, 5.74) is 0.634. The maximum atomic E-state index is 14.4. The Morgan fingerprint density at radius 3 is 2.62 bits per heavy atom. The van der Waals surface area contributed by atoms with Gasteiger partial charge in [-0.2, -0.15) is 13.9 Å². The van der Waals surface area contributed by atoms with Gasteiger partial charge in [0, 0.05) is 25.5 Å². The molecule has 0 spiro atoms. The van der Waals surface area contributed by atoms with Crippen molar-refractivity contribution in [2.24, 2.45) is 7.05 Å². The minimum Gasteiger partial charge on any atom is -0.368 e. The van der Waals surface area contributed by atoms with Crippen molar-refractivity contribution in [3.8, 4) is 11.4 Å². The number of amides is 1. The number of ether oxygens (including phenoxy) is 1. The van der Waals surface area contributed by atoms with Gasteiger partial charge in [0.15, 0.2) is 17.3 Å². The molecule has 0 saturated carbocycles. The molecule has 1 N–H and O–H groups in total. The minimum atomic E-state index is -3.56. The summed E-state index contributed by atoms with van der Waals surface area (Å²) < 4.78 is 48.4. The number of carbonyl (C=O) groups is 1. The highest BCUT2D eigenvalue weighted by molar-refractivity contribution is 6.30. The third-order valence-electron chi connectivity index (χ3n) is 5.52. The number of aromatic nitrogens is 5. The molecule has 13 heteroatoms. The van der Waals surface area contributed by atoms with Gasteiger partial charge in [-0.25, -0.2) is 19.3 Å². The number of carbonyl (C=O) groups excluding carboxylic acids is 1. The van der Waals surface area contributed by atoms with Crippen molar-refractivity contribution < 1.29 is 22.7 Å². The minimum absolute atomic E-state index is 0.0588. The van der Waals surface area contributed by atoms with E-state index in [-0.39, 0.29) is 23.6 Å². The van der Waals surface area contributed by atoms with Crippen LogP contribution in [-0.4, -0.2) is 66.9 Å². The van der Waals surface area contributed by atoms with Crippen molar-refractivity contribution in [3.63, 3.8) is 0 Å². The number of halogens is 4. The number of nitrogens with zero attached hydrogens (tertiary/aromatic N) is 6. The molecule has 3 aromatic heterocycles. The van der Waals surface area contributed by atoms with Crippen molar-refractivity contribution in [2.45, 2.75) is 32.1 Å². The molecule has 9 nitrogen and oxygen atoms in total. The molecule has 0 aliphatic carbocycles. The van der Waals surface area contributed by atoms with Crippen LogP contribution in [0.5, 0.6) is 0 Å². The molecule has 1 amide bonds. The van der Waals surface area contributed by atoms with Gasteiger partial charge in [0.1, 0.15) is 12.4 Å². The lowest BCUT2D eigenvalue weighted by Gasteiger charge is -2.43. The van der Waals surface area contributed by atoms with Crippen LogP contribution in [0.4, 0.5) is 19.0 Å². The van der Waals surface area contributed by atoms with E-state index in [2.05, 4.69) is 25.4 Å². The van der Waals surface area contributed by atoms with E-state index in [0.29, 0.717) is 16.5 Å². The van der Waals surface area contributed by atoms with E-state index in [1.807, 2.05) is 0 Å². The van der Waals surface area contributed by atoms with Gasteiger partial charge in [-0.1, -0.05) is 11.6 Å². The lowest BCUT2D eigenvalue weighted by molar-refractivity contribution is -0.298. The van der Waals surface area contributed by atoms with Crippen molar-refractivity contribution in [1.29, 1.82) is 0 Å². The summed E-state index contributed by atoms with van der Waals surface area (Å²) in [6, 6.07) is 2.47. The van der Waals surface area contributed by atoms with Crippen LogP contribution >= 0.6 is 11.6 Å². The summed E-state index contributed by atoms with van der Waals surface area (Å²) in [6.45, 7) is 2.23. The standard InChI is InChI=1S/C21H21ClF3N7O2/c1-11-17(19-28-7-14(23)8-29-19)18(30-31(11)3)20(33)32-10-21(24,25)34-12(2)15(32)9-27-16-5-4-13(22)6-26-16/h4-8,12,15H,9-10H2,1-3H3,(H,26,27)/t12-,15+/m0/s1. The van der Waals surface area contributed by atoms with Crippen LogP contribution in [0.15, 0.2) is 30.7 Å². The van der Waals surface area contributed by atoms with Crippen molar-refractivity contribution in [3.05, 3.63) is 53.0 Å². The second-order valence-electron chi connectivity index (χ2n) is 7.86. The fourth-order valence-electron chi connectivity index (χ4n) is 3.75. The summed E-state index contributed by atoms with van der Waals surface area (Å²) in [4.78, 5) is 26.6. The third kappa shape index (κ3) is 4.82. The molecule has 1 aliphatic heterocycles. The van der Waals surface area contributed by atoms with E-state index >= 15 is 0 Å². The highest BCUT2D eigenvalue weighted by atomic mass is 35.5. The first kappa shape index (κ1) is 23.9. The molecule has 1 aliphatic rings. The third-order valence-corrected chi connectivity index (χ3v) is 5.74. The summed E-state index contributed by atoms with van der Waals surface area (Å²) in [6.07, 6.45) is -1.21. The number of rotatable bonds is 5. The fraction of sp³-hybridized carbons (Fsp3) is 0.381. The van der Waals surface area contributed by atoms with Gasteiger partial charge in [-0.05, 0) is 26.0 Å². The Kier molecular flexibility index (Phi) is 6.45. The van der Waals surface area contributed by atoms with Gasteiger partial charge in [0.05, 0.1) is 35.1 Å². The first-order valence-electron chi connectivity index (χ1n) is 10.3. The first-order chi connectivity index (χ1) is 16.1. The van der Waals surface area contributed by atoms with Gasteiger partial charge in [-0.15, -0.1) is 0 Å². The Morgan fingerprint density at radius 1 is 1.26 bits per heavy atom. The number of nitrogens with one attached hydrogen (secondary N) is 1. The van der Waals surface area contributed by atoms with Gasteiger partial charge in [0.25, 0.3) is 5.91 Å². The Labute approximate surface area is 197 Å². The van der Waals surface area contributed by atoms with Crippen LogP contribution in [0.3, 0.4) is 0 Å². The van der Waals surface area contributed by atoms with Crippen molar-refractivity contribution >= 4 is 23.3 Å². The smallest absolute Gasteiger partial charge is 0.368 e. The molecule has 34 heavy (non-hydrogen) atoms. The second kappa shape index (κ2) is 9.18. The average Bonchev–Trinajstić information content (AvgIpc) is 3.08. The molecule has 1 saturated heterocycles. The summed E-state index contributed by atoms with van der Waals surface area (Å²) >= 11 is 5.85. The molecule has 0 unspecified atom stereocenters. The molecule has 3 aromatic rings. The van der Waals surface area contributed by atoms with Crippen LogP contribution in [-0.2, 0) is 11.8 Å². The molecule has 0 radical (unpaired) electrons. The molecule has 180 valence electrons. The van der Waals surface area contributed by atoms with Crippen LogP contribution in [0, 0.1) is 12.7 Å². The quantitative estimate of drug-likeness (QED) is 0.580. The van der Waals surface area contributed by atoms with E-state index in [1.165, 1.54) is 17.8 Å². The number of anilines is 1. The highest BCUT2D eigenvalue weighted by Crippen LogP contribution is 2.32. The number of pyridine rings is 1. The summed E-state index contributed by atoms with van der Waals surface area (Å²) in [7, 11) is 1.60. The predicted molar refractivity (Wildman–Crippen MR) is 117 cm³/mol. The van der Waals surface area contributed by atoms with E-state index in [0.717, 1.165) is 17.3 Å². The maximum absolute atomic E-state index is 14.4. The van der Waals surface area contributed by atoms with E-state index in [9.17, 15) is 18.0 Å². The summed E-state index contributed by atoms with van der Waals surface area (Å²) in [5.74, 6) is -0.891. The Bertz CT molecular complexity index is 1190. The number of aryl methyl sites for hydroxylation is 1. The monoisotopic (exact) mass is 495 g/mol. The predicted octanol–water partition coefficient (Wildman–Crippen LogP) is 3.31. The molecule has 1 fully saturated rings. The van der Waals surface area contributed by atoms with E-state index < -0.39 is 36.5 Å². The molecule has 0 aromatic carbocycles. The lowest BCUT2D eigenvalue weighted by atomic mass is 10.1. The van der Waals surface area contributed by atoms with Gasteiger partial charge in [0.2, 0.25) is 0 Å². The van der Waals surface area contributed by atoms with Crippen LogP contribution < -0.4 is 5.32 Å². The van der Waals surface area contributed by atoms with Crippen LogP contribution in [0.2, 0.25) is 5.02 Å². The number of hydrogen-bond acceptors (Lipinski definition) is 7. The largest absolute Gasteiger partial charge is 0.373 e. The normalized spacial score (nSPS) is 19.8. The zero-order chi connectivity index (χ0) is 24.6.